The number of rotatable bonds is 10. The Labute approximate surface area is 324 Å². The molecule has 4 aromatic rings. The fourth-order valence-corrected chi connectivity index (χ4v) is 8.21. The Balaban J connectivity index is 0.00000464. The van der Waals surface area contributed by atoms with E-state index in [4.69, 9.17) is 0 Å². The number of pyridine rings is 1. The van der Waals surface area contributed by atoms with Gasteiger partial charge in [-0.2, -0.15) is 4.98 Å². The number of anilines is 1. The number of carbonyl (C=O) groups excluding carboxylic acids is 4. The van der Waals surface area contributed by atoms with Gasteiger partial charge in [-0.1, -0.05) is 23.9 Å². The van der Waals surface area contributed by atoms with E-state index in [2.05, 4.69) is 46.4 Å². The van der Waals surface area contributed by atoms with E-state index >= 15 is 0 Å². The average Bonchev–Trinajstić information content (AvgIpc) is 3.56. The number of thioether (sulfide) groups is 2. The van der Waals surface area contributed by atoms with E-state index in [1.165, 1.54) is 64.9 Å². The van der Waals surface area contributed by atoms with Crippen LogP contribution in [0.5, 0.6) is 5.75 Å². The molecule has 6 heterocycles. The number of aliphatic carboxylic acids is 1. The first kappa shape index (κ1) is 37.2. The maximum absolute atomic E-state index is 13.8. The Kier molecular flexibility index (Phi) is 11.2. The van der Waals surface area contributed by atoms with Crippen LogP contribution in [0.3, 0.4) is 0 Å². The molecule has 2 fully saturated rings. The summed E-state index contributed by atoms with van der Waals surface area (Å²) >= 11 is 2.46. The summed E-state index contributed by atoms with van der Waals surface area (Å²) < 4.78 is 1.43. The van der Waals surface area contributed by atoms with Crippen LogP contribution < -0.4 is 60.9 Å². The molecule has 264 valence electrons. The van der Waals surface area contributed by atoms with Gasteiger partial charge in [-0.05, 0) is 33.7 Å². The topological polar surface area (TPSA) is 256 Å². The normalized spacial score (nSPS) is 19.0. The van der Waals surface area contributed by atoms with Gasteiger partial charge in [0.15, 0.2) is 0 Å². The molecule has 0 spiro atoms. The van der Waals surface area contributed by atoms with Crippen LogP contribution in [0.15, 0.2) is 57.9 Å². The molecule has 3 aromatic heterocycles. The zero-order chi connectivity index (χ0) is 35.8. The fraction of sp³-hybridized carbons (Fsp3) is 0.333. The number of aromatic nitrogens is 7. The number of aromatic hydroxyl groups is 1. The monoisotopic (exact) mass is 756 g/mol. The van der Waals surface area contributed by atoms with Gasteiger partial charge in [0.25, 0.3) is 11.8 Å². The molecule has 3 amide bonds. The van der Waals surface area contributed by atoms with E-state index in [0.717, 1.165) is 18.0 Å². The number of carboxylic acids is 1. The van der Waals surface area contributed by atoms with Gasteiger partial charge in [-0.15, -0.1) is 16.9 Å². The Morgan fingerprint density at radius 1 is 1.17 bits per heavy atom. The summed E-state index contributed by atoms with van der Waals surface area (Å²) in [6.07, 6.45) is 2.55. The maximum Gasteiger partial charge on any atom is 1.00 e. The first-order valence-electron chi connectivity index (χ1n) is 15.6. The number of hydrogen-bond acceptors (Lipinski definition) is 16. The van der Waals surface area contributed by atoms with Crippen LogP contribution in [0, 0.1) is 0 Å². The van der Waals surface area contributed by atoms with Crippen molar-refractivity contribution in [2.75, 3.05) is 42.6 Å². The standard InChI is InChI=1S/C30H30N12O7S2.Na/c1-40-30(37-38-39-40)51-13-15-12-50-27-20(26(47)42(27)21(15)28(48)49)35-25(46)19(14-2-4-16(43)5-3-14)34-24(45)18-11-32-23-17(22(18)44)10-33-29(36-23)41-8-6-31-7-9-41;/h2-5,10-11,19-20,27,31,43H,6-9,12-13H2,1H3,(H,34,45)(H,35,46)(H,48,49)(H,32,33,36,44);/q;+1/p-1/t19?,20?,27-;/m0./s1. The molecule has 0 radical (unpaired) electrons. The number of phenolic OH excluding ortho intramolecular Hbond substituents is 1. The van der Waals surface area contributed by atoms with Crippen molar-refractivity contribution in [3.05, 3.63) is 69.3 Å². The summed E-state index contributed by atoms with van der Waals surface area (Å²) in [5, 5.41) is 41.5. The van der Waals surface area contributed by atoms with E-state index in [1.807, 2.05) is 4.90 Å². The number of hydrogen-bond donors (Lipinski definition) is 5. The van der Waals surface area contributed by atoms with Crippen LogP contribution in [0.4, 0.5) is 5.95 Å². The largest absolute Gasteiger partial charge is 1.00 e. The number of aromatic amines is 1. The second-order valence-electron chi connectivity index (χ2n) is 11.7. The number of fused-ring (bicyclic) bond motifs is 2. The van der Waals surface area contributed by atoms with Gasteiger partial charge in [0.1, 0.15) is 34.4 Å². The van der Waals surface area contributed by atoms with Gasteiger partial charge in [-0.25, -0.2) is 9.67 Å². The Bertz CT molecular complexity index is 2140. The molecule has 1 aromatic carbocycles. The van der Waals surface area contributed by atoms with Crippen molar-refractivity contribution in [1.82, 2.24) is 56.0 Å². The molecule has 5 N–H and O–H groups in total. The summed E-state index contributed by atoms with van der Waals surface area (Å²) in [6.45, 7) is 2.92. The quantitative estimate of drug-likeness (QED) is 0.0575. The minimum absolute atomic E-state index is 0. The van der Waals surface area contributed by atoms with Gasteiger partial charge in [-0.3, -0.25) is 24.1 Å². The van der Waals surface area contributed by atoms with Crippen molar-refractivity contribution in [3.8, 4) is 5.75 Å². The molecular formula is C30H29N12NaO7S2. The number of amides is 3. The van der Waals surface area contributed by atoms with Crippen LogP contribution in [-0.4, -0.2) is 118 Å². The molecule has 3 aliphatic rings. The summed E-state index contributed by atoms with van der Waals surface area (Å²) in [4.78, 5) is 81.1. The molecule has 22 heteroatoms. The van der Waals surface area contributed by atoms with Gasteiger partial charge in [0.05, 0.1) is 17.1 Å². The van der Waals surface area contributed by atoms with Crippen molar-refractivity contribution >= 4 is 64.2 Å². The van der Waals surface area contributed by atoms with Gasteiger partial charge < -0.3 is 40.8 Å². The van der Waals surface area contributed by atoms with E-state index < -0.39 is 46.6 Å². The number of piperazine rings is 1. The van der Waals surface area contributed by atoms with Crippen molar-refractivity contribution in [1.29, 1.82) is 0 Å². The summed E-state index contributed by atoms with van der Waals surface area (Å²) in [7, 11) is 1.64. The molecule has 0 bridgehead atoms. The third kappa shape index (κ3) is 7.23. The summed E-state index contributed by atoms with van der Waals surface area (Å²) in [6, 6.07) is 2.91. The van der Waals surface area contributed by atoms with E-state index in [1.54, 1.807) is 7.05 Å². The van der Waals surface area contributed by atoms with Crippen molar-refractivity contribution in [3.63, 3.8) is 0 Å². The number of carboxylic acid groups (broad SMARTS) is 1. The molecule has 3 aliphatic heterocycles. The number of tetrazole rings is 1. The van der Waals surface area contributed by atoms with Gasteiger partial charge >= 0.3 is 29.6 Å². The van der Waals surface area contributed by atoms with Crippen molar-refractivity contribution in [2.45, 2.75) is 22.6 Å². The molecular weight excluding hydrogens is 728 g/mol. The molecule has 0 aliphatic carbocycles. The van der Waals surface area contributed by atoms with E-state index in [0.29, 0.717) is 29.8 Å². The Morgan fingerprint density at radius 3 is 2.62 bits per heavy atom. The number of nitrogens with zero attached hydrogens (tertiary/aromatic N) is 8. The number of benzene rings is 1. The fourth-order valence-electron chi connectivity index (χ4n) is 5.88. The number of β-lactam (4-membered cyclic amide) rings is 1. The van der Waals surface area contributed by atoms with E-state index in [9.17, 15) is 34.2 Å². The SMILES string of the molecule is Cn1nnnc1SCC1=C(C(=O)[O-])N2C(=O)C(NC(=O)C(NC(=O)c3c[nH]c4nc(N5CCNCC5)ncc4c3=O)c3ccc(O)cc3)[C@@H]2SC1.[Na+]. The molecule has 2 unspecified atom stereocenters. The minimum atomic E-state index is -1.54. The first-order chi connectivity index (χ1) is 24.6. The predicted molar refractivity (Wildman–Crippen MR) is 180 cm³/mol. The van der Waals surface area contributed by atoms with Crippen molar-refractivity contribution < 1.29 is 58.9 Å². The smallest absolute Gasteiger partial charge is 0.543 e. The number of carbonyl (C=O) groups is 4. The summed E-state index contributed by atoms with van der Waals surface area (Å²) in [5.74, 6) is -3.15. The summed E-state index contributed by atoms with van der Waals surface area (Å²) in [5.41, 5.74) is -0.330. The Hall–Kier alpha value is -4.54. The molecule has 0 saturated carbocycles. The number of H-pyrrole nitrogens is 1. The second-order valence-corrected chi connectivity index (χ2v) is 13.8. The van der Waals surface area contributed by atoms with Gasteiger partial charge in [0, 0.05) is 57.1 Å². The Morgan fingerprint density at radius 2 is 1.92 bits per heavy atom. The van der Waals surface area contributed by atoms with Gasteiger partial charge in [0.2, 0.25) is 22.4 Å². The zero-order valence-electron chi connectivity index (χ0n) is 27.7. The van der Waals surface area contributed by atoms with Crippen molar-refractivity contribution in [2.24, 2.45) is 7.05 Å². The maximum atomic E-state index is 13.8. The molecule has 3 atom stereocenters. The van der Waals surface area contributed by atoms with Crippen LogP contribution in [0.2, 0.25) is 0 Å². The van der Waals surface area contributed by atoms with Crippen LogP contribution in [0.25, 0.3) is 11.0 Å². The number of aryl methyl sites for hydroxylation is 1. The molecule has 7 rings (SSSR count). The molecule has 2 saturated heterocycles. The third-order valence-corrected chi connectivity index (χ3v) is 11.0. The molecule has 19 nitrogen and oxygen atoms in total. The minimum Gasteiger partial charge on any atom is -0.543 e. The number of phenols is 1. The van der Waals surface area contributed by atoms with Crippen LogP contribution in [0.1, 0.15) is 22.0 Å². The second kappa shape index (κ2) is 15.6. The predicted octanol–water partition coefficient (Wildman–Crippen LogP) is -5.37. The average molecular weight is 757 g/mol. The molecule has 52 heavy (non-hydrogen) atoms. The van der Waals surface area contributed by atoms with Crippen LogP contribution >= 0.6 is 23.5 Å². The van der Waals surface area contributed by atoms with E-state index in [-0.39, 0.29) is 74.7 Å². The number of nitrogens with one attached hydrogen (secondary N) is 4. The zero-order valence-corrected chi connectivity index (χ0v) is 31.4. The first-order valence-corrected chi connectivity index (χ1v) is 17.6. The third-order valence-electron chi connectivity index (χ3n) is 8.52. The van der Waals surface area contributed by atoms with Crippen LogP contribution in [-0.2, 0) is 21.4 Å².